The highest BCUT2D eigenvalue weighted by atomic mass is 32.2. The highest BCUT2D eigenvalue weighted by molar-refractivity contribution is 7.87. The Labute approximate surface area is 63.2 Å². The predicted octanol–water partition coefficient (Wildman–Crippen LogP) is -0.309. The summed E-state index contributed by atoms with van der Waals surface area (Å²) in [6.07, 6.45) is 3.69. The number of anilines is 1. The van der Waals surface area contributed by atoms with Gasteiger partial charge in [0.25, 0.3) is 0 Å². The Morgan fingerprint density at radius 3 is 2.36 bits per heavy atom. The second-order valence-electron chi connectivity index (χ2n) is 1.70. The summed E-state index contributed by atoms with van der Waals surface area (Å²) in [5.41, 5.74) is 0.120. The van der Waals surface area contributed by atoms with Crippen molar-refractivity contribution in [3.05, 3.63) is 18.7 Å². The minimum absolute atomic E-state index is 0.120. The van der Waals surface area contributed by atoms with Gasteiger partial charge in [-0.3, -0.25) is 9.27 Å². The maximum atomic E-state index is 10.2. The Bertz CT molecular complexity index is 322. The van der Waals surface area contributed by atoms with Crippen LogP contribution in [0.2, 0.25) is 0 Å². The zero-order valence-corrected chi connectivity index (χ0v) is 6.11. The summed E-state index contributed by atoms with van der Waals surface area (Å²) in [6.45, 7) is 0. The third-order valence-electron chi connectivity index (χ3n) is 0.807. The van der Waals surface area contributed by atoms with Crippen LogP contribution in [0.3, 0.4) is 0 Å². The van der Waals surface area contributed by atoms with Crippen LogP contribution in [-0.4, -0.2) is 22.9 Å². The molecule has 0 spiro atoms. The van der Waals surface area contributed by atoms with Gasteiger partial charge in [-0.2, -0.15) is 8.42 Å². The van der Waals surface area contributed by atoms with Crippen molar-refractivity contribution in [1.82, 2.24) is 9.97 Å². The molecule has 0 aromatic carbocycles. The summed E-state index contributed by atoms with van der Waals surface area (Å²) >= 11 is 0. The Morgan fingerprint density at radius 1 is 1.36 bits per heavy atom. The van der Waals surface area contributed by atoms with E-state index in [9.17, 15) is 8.42 Å². The molecule has 1 rings (SSSR count). The largest absolute Gasteiger partial charge is 0.357 e. The van der Waals surface area contributed by atoms with Gasteiger partial charge in [-0.15, -0.1) is 0 Å². The van der Waals surface area contributed by atoms with Gasteiger partial charge in [0.2, 0.25) is 0 Å². The molecule has 2 N–H and O–H groups in total. The Morgan fingerprint density at radius 2 is 1.91 bits per heavy atom. The molecule has 0 saturated heterocycles. The van der Waals surface area contributed by atoms with E-state index in [2.05, 4.69) is 9.97 Å². The normalized spacial score (nSPS) is 11.0. The molecule has 0 radical (unpaired) electrons. The van der Waals surface area contributed by atoms with Gasteiger partial charge in [-0.05, 0) is 0 Å². The molecule has 1 aromatic heterocycles. The third-order valence-corrected chi connectivity index (χ3v) is 1.30. The van der Waals surface area contributed by atoms with Crippen molar-refractivity contribution in [2.45, 2.75) is 0 Å². The molecule has 0 aliphatic heterocycles. The van der Waals surface area contributed by atoms with E-state index in [1.165, 1.54) is 18.7 Å². The molecule has 0 unspecified atom stereocenters. The van der Waals surface area contributed by atoms with Crippen LogP contribution in [0.15, 0.2) is 18.7 Å². The van der Waals surface area contributed by atoms with Gasteiger partial charge >= 0.3 is 10.3 Å². The van der Waals surface area contributed by atoms with Crippen LogP contribution in [0.1, 0.15) is 0 Å². The van der Waals surface area contributed by atoms with Crippen LogP contribution >= 0.6 is 0 Å². The lowest BCUT2D eigenvalue weighted by Gasteiger charge is -1.98. The van der Waals surface area contributed by atoms with Crippen LogP contribution in [0, 0.1) is 0 Å². The Kier molecular flexibility index (Phi) is 2.01. The van der Waals surface area contributed by atoms with Crippen molar-refractivity contribution < 1.29 is 13.0 Å². The fourth-order valence-electron chi connectivity index (χ4n) is 0.501. The zero-order chi connectivity index (χ0) is 8.32. The second kappa shape index (κ2) is 2.81. The minimum atomic E-state index is -4.21. The van der Waals surface area contributed by atoms with Crippen molar-refractivity contribution in [2.24, 2.45) is 0 Å². The summed E-state index contributed by atoms with van der Waals surface area (Å²) in [4.78, 5) is 7.04. The first-order valence-electron chi connectivity index (χ1n) is 2.58. The Hall–Kier alpha value is -1.21. The van der Waals surface area contributed by atoms with Crippen LogP contribution < -0.4 is 4.72 Å². The Balaban J connectivity index is 2.82. The second-order valence-corrected chi connectivity index (χ2v) is 2.86. The summed E-state index contributed by atoms with van der Waals surface area (Å²) in [5.74, 6) is 0. The quantitative estimate of drug-likeness (QED) is 0.601. The van der Waals surface area contributed by atoms with Gasteiger partial charge in [-0.25, -0.2) is 9.97 Å². The van der Waals surface area contributed by atoms with E-state index in [1.54, 1.807) is 4.72 Å². The minimum Gasteiger partial charge on any atom is -0.269 e. The average molecular weight is 175 g/mol. The van der Waals surface area contributed by atoms with Crippen LogP contribution in [0.25, 0.3) is 0 Å². The molecule has 6 nitrogen and oxygen atoms in total. The molecule has 0 bridgehead atoms. The first-order chi connectivity index (χ1) is 5.08. The average Bonchev–Trinajstić information content (AvgIpc) is 1.85. The smallest absolute Gasteiger partial charge is 0.269 e. The molecule has 1 heterocycles. The molecular weight excluding hydrogens is 170 g/mol. The molecular formula is C4H5N3O3S. The molecule has 0 saturated carbocycles. The van der Waals surface area contributed by atoms with E-state index in [0.29, 0.717) is 0 Å². The first-order valence-corrected chi connectivity index (χ1v) is 4.02. The maximum Gasteiger partial charge on any atom is 0.357 e. The topological polar surface area (TPSA) is 92.2 Å². The molecule has 0 atom stereocenters. The summed E-state index contributed by atoms with van der Waals surface area (Å²) in [6, 6.07) is 0. The molecule has 60 valence electrons. The predicted molar refractivity (Wildman–Crippen MR) is 37.2 cm³/mol. The number of aromatic nitrogens is 2. The first kappa shape index (κ1) is 7.89. The van der Waals surface area contributed by atoms with Crippen molar-refractivity contribution in [1.29, 1.82) is 0 Å². The lowest BCUT2D eigenvalue weighted by molar-refractivity contribution is 0.489. The molecule has 0 amide bonds. The van der Waals surface area contributed by atoms with Crippen molar-refractivity contribution in [2.75, 3.05) is 4.72 Å². The van der Waals surface area contributed by atoms with Gasteiger partial charge in [0.05, 0.1) is 18.1 Å². The molecule has 7 heteroatoms. The van der Waals surface area contributed by atoms with Crippen LogP contribution in [0.4, 0.5) is 5.69 Å². The van der Waals surface area contributed by atoms with E-state index in [-0.39, 0.29) is 5.69 Å². The third kappa shape index (κ3) is 2.92. The van der Waals surface area contributed by atoms with Gasteiger partial charge in [0, 0.05) is 0 Å². The lowest BCUT2D eigenvalue weighted by atomic mass is 10.6. The standard InChI is InChI=1S/C4H5N3O3S/c8-11(9,10)7-4-1-5-3-6-2-4/h1-3,7H,(H,8,9,10). The number of hydrogen-bond acceptors (Lipinski definition) is 4. The lowest BCUT2D eigenvalue weighted by Crippen LogP contribution is -2.10. The number of hydrogen-bond donors (Lipinski definition) is 2. The van der Waals surface area contributed by atoms with Crippen molar-refractivity contribution in [3.8, 4) is 0 Å². The number of rotatable bonds is 2. The highest BCUT2D eigenvalue weighted by Crippen LogP contribution is 2.01. The van der Waals surface area contributed by atoms with Gasteiger partial charge in [-0.1, -0.05) is 0 Å². The van der Waals surface area contributed by atoms with Gasteiger partial charge in [0.15, 0.2) is 0 Å². The SMILES string of the molecule is O=S(=O)(O)Nc1cncnc1. The van der Waals surface area contributed by atoms with Crippen LogP contribution in [-0.2, 0) is 10.3 Å². The van der Waals surface area contributed by atoms with Gasteiger partial charge < -0.3 is 0 Å². The zero-order valence-electron chi connectivity index (χ0n) is 5.30. The van der Waals surface area contributed by atoms with Crippen molar-refractivity contribution >= 4 is 16.0 Å². The van der Waals surface area contributed by atoms with Crippen LogP contribution in [0.5, 0.6) is 0 Å². The summed E-state index contributed by atoms with van der Waals surface area (Å²) in [7, 11) is -4.21. The molecule has 0 aliphatic rings. The highest BCUT2D eigenvalue weighted by Gasteiger charge is 2.02. The van der Waals surface area contributed by atoms with E-state index >= 15 is 0 Å². The fraction of sp³-hybridized carbons (Fsp3) is 0. The fourth-order valence-corrected chi connectivity index (χ4v) is 0.904. The van der Waals surface area contributed by atoms with Crippen molar-refractivity contribution in [3.63, 3.8) is 0 Å². The molecule has 1 aromatic rings. The molecule has 11 heavy (non-hydrogen) atoms. The summed E-state index contributed by atoms with van der Waals surface area (Å²) < 4.78 is 30.4. The van der Waals surface area contributed by atoms with E-state index in [1.807, 2.05) is 0 Å². The van der Waals surface area contributed by atoms with E-state index < -0.39 is 10.3 Å². The number of nitrogens with zero attached hydrogens (tertiary/aromatic N) is 2. The van der Waals surface area contributed by atoms with Gasteiger partial charge in [0.1, 0.15) is 6.33 Å². The van der Waals surface area contributed by atoms with E-state index in [4.69, 9.17) is 4.55 Å². The maximum absolute atomic E-state index is 10.2. The molecule has 0 aliphatic carbocycles. The van der Waals surface area contributed by atoms with E-state index in [0.717, 1.165) is 0 Å². The summed E-state index contributed by atoms with van der Waals surface area (Å²) in [5, 5.41) is 0. The molecule has 0 fully saturated rings. The monoisotopic (exact) mass is 175 g/mol. The number of nitrogens with one attached hydrogen (secondary N) is 1.